The van der Waals surface area contributed by atoms with Crippen LogP contribution >= 0.6 is 11.6 Å². The lowest BCUT2D eigenvalue weighted by atomic mass is 9.97. The number of hydrogen-bond acceptors (Lipinski definition) is 4. The van der Waals surface area contributed by atoms with Gasteiger partial charge < -0.3 is 4.57 Å². The van der Waals surface area contributed by atoms with E-state index in [-0.39, 0.29) is 10.7 Å². The predicted octanol–water partition coefficient (Wildman–Crippen LogP) is 4.34. The summed E-state index contributed by atoms with van der Waals surface area (Å²) < 4.78 is 25.4. The van der Waals surface area contributed by atoms with Gasteiger partial charge in [-0.3, -0.25) is 9.69 Å². The fourth-order valence-electron chi connectivity index (χ4n) is 4.54. The maximum atomic E-state index is 13.5. The summed E-state index contributed by atoms with van der Waals surface area (Å²) in [6.07, 6.45) is 2.22. The van der Waals surface area contributed by atoms with Crippen LogP contribution in [0.3, 0.4) is 0 Å². The number of halogens is 1. The van der Waals surface area contributed by atoms with E-state index in [1.54, 1.807) is 12.1 Å². The number of carbonyl (C=O) groups is 1. The van der Waals surface area contributed by atoms with E-state index in [2.05, 4.69) is 9.47 Å². The molecule has 4 rings (SSSR count). The molecule has 168 valence electrons. The number of primary sulfonamides is 1. The maximum Gasteiger partial charge on any atom is 0.238 e. The van der Waals surface area contributed by atoms with E-state index >= 15 is 0 Å². The van der Waals surface area contributed by atoms with Crippen molar-refractivity contribution in [1.82, 2.24) is 9.47 Å². The average molecular weight is 472 g/mol. The van der Waals surface area contributed by atoms with Crippen molar-refractivity contribution in [3.8, 4) is 16.8 Å². The second-order valence-corrected chi connectivity index (χ2v) is 10.2. The normalized spacial score (nSPS) is 14.8. The maximum absolute atomic E-state index is 13.5. The topological polar surface area (TPSA) is 85.4 Å². The van der Waals surface area contributed by atoms with E-state index < -0.39 is 10.0 Å². The minimum absolute atomic E-state index is 0.0395. The molecule has 2 heterocycles. The summed E-state index contributed by atoms with van der Waals surface area (Å²) in [7, 11) is -3.80. The third kappa shape index (κ3) is 4.38. The molecule has 1 aromatic heterocycles. The van der Waals surface area contributed by atoms with Crippen molar-refractivity contribution < 1.29 is 13.2 Å². The molecular weight excluding hydrogens is 446 g/mol. The summed E-state index contributed by atoms with van der Waals surface area (Å²) in [6, 6.07) is 13.9. The van der Waals surface area contributed by atoms with Crippen molar-refractivity contribution >= 4 is 27.4 Å². The minimum Gasteiger partial charge on any atom is -0.317 e. The summed E-state index contributed by atoms with van der Waals surface area (Å²) in [4.78, 5) is 15.7. The summed E-state index contributed by atoms with van der Waals surface area (Å²) in [6.45, 7) is 6.14. The molecule has 3 aromatic rings. The highest BCUT2D eigenvalue weighted by Gasteiger charge is 2.27. The van der Waals surface area contributed by atoms with Crippen LogP contribution in [-0.4, -0.2) is 43.3 Å². The number of rotatable bonds is 6. The number of nitrogens with zero attached hydrogens (tertiary/aromatic N) is 2. The fraction of sp³-hybridized carbons (Fsp3) is 0.292. The molecule has 0 saturated carbocycles. The molecule has 0 bridgehead atoms. The van der Waals surface area contributed by atoms with Crippen molar-refractivity contribution in [2.45, 2.75) is 31.6 Å². The lowest BCUT2D eigenvalue weighted by Gasteiger charge is -2.14. The van der Waals surface area contributed by atoms with Gasteiger partial charge in [-0.05, 0) is 81.7 Å². The molecule has 8 heteroatoms. The van der Waals surface area contributed by atoms with Crippen LogP contribution in [0, 0.1) is 13.8 Å². The van der Waals surface area contributed by atoms with Crippen LogP contribution in [0.4, 0.5) is 0 Å². The van der Waals surface area contributed by atoms with Gasteiger partial charge in [0.25, 0.3) is 0 Å². The van der Waals surface area contributed by atoms with Gasteiger partial charge >= 0.3 is 0 Å². The molecule has 1 fully saturated rings. The number of carbonyl (C=O) groups excluding carboxylic acids is 1. The second-order valence-electron chi connectivity index (χ2n) is 8.21. The number of hydrogen-bond donors (Lipinski definition) is 1. The van der Waals surface area contributed by atoms with Gasteiger partial charge in [-0.25, -0.2) is 13.6 Å². The van der Waals surface area contributed by atoms with Gasteiger partial charge in [-0.2, -0.15) is 0 Å². The third-order valence-electron chi connectivity index (χ3n) is 6.05. The van der Waals surface area contributed by atoms with Gasteiger partial charge in [-0.15, -0.1) is 0 Å². The Kier molecular flexibility index (Phi) is 6.27. The van der Waals surface area contributed by atoms with Crippen molar-refractivity contribution in [2.75, 3.05) is 19.6 Å². The van der Waals surface area contributed by atoms with Crippen molar-refractivity contribution in [1.29, 1.82) is 0 Å². The number of likely N-dealkylation sites (tertiary alicyclic amines) is 1. The summed E-state index contributed by atoms with van der Waals surface area (Å²) in [5.74, 6) is 0.0609. The molecule has 0 unspecified atom stereocenters. The minimum atomic E-state index is -3.80. The van der Waals surface area contributed by atoms with Gasteiger partial charge in [0.2, 0.25) is 10.0 Å². The van der Waals surface area contributed by atoms with Crippen LogP contribution in [0.15, 0.2) is 53.4 Å². The molecule has 0 atom stereocenters. The van der Waals surface area contributed by atoms with E-state index in [4.69, 9.17) is 16.7 Å². The first kappa shape index (κ1) is 22.7. The Labute approximate surface area is 193 Å². The Balaban J connectivity index is 1.87. The van der Waals surface area contributed by atoms with E-state index in [0.717, 1.165) is 54.1 Å². The monoisotopic (exact) mass is 471 g/mol. The summed E-state index contributed by atoms with van der Waals surface area (Å²) in [5.41, 5.74) is 4.90. The van der Waals surface area contributed by atoms with Crippen LogP contribution in [0.5, 0.6) is 0 Å². The number of benzene rings is 2. The van der Waals surface area contributed by atoms with Gasteiger partial charge in [0.1, 0.15) is 0 Å². The van der Waals surface area contributed by atoms with Crippen molar-refractivity contribution in [3.05, 3.63) is 70.5 Å². The molecule has 32 heavy (non-hydrogen) atoms. The van der Waals surface area contributed by atoms with Gasteiger partial charge in [0.05, 0.1) is 11.4 Å². The third-order valence-corrected chi connectivity index (χ3v) is 7.23. The highest BCUT2D eigenvalue weighted by Crippen LogP contribution is 2.35. The lowest BCUT2D eigenvalue weighted by Crippen LogP contribution is -2.27. The van der Waals surface area contributed by atoms with Crippen LogP contribution in [0.1, 0.15) is 34.6 Å². The molecule has 2 aromatic carbocycles. The number of aromatic nitrogens is 1. The molecule has 1 aliphatic rings. The molecule has 2 N–H and O–H groups in total. The number of sulfonamides is 1. The quantitative estimate of drug-likeness (QED) is 0.542. The standard InChI is InChI=1S/C24H26ClN3O3S/c1-16-23(18-5-11-21(12-6-18)32(26,30)31)24(22(29)15-27-13-3-4-14-27)17(2)28(16)20-9-7-19(25)8-10-20/h5-12H,3-4,13-15H2,1-2H3,(H2,26,30,31). The Morgan fingerprint density at radius 1 is 0.969 bits per heavy atom. The van der Waals surface area contributed by atoms with Crippen LogP contribution in [-0.2, 0) is 10.0 Å². The number of ketones is 1. The lowest BCUT2D eigenvalue weighted by molar-refractivity contribution is 0.0945. The zero-order valence-corrected chi connectivity index (χ0v) is 19.7. The van der Waals surface area contributed by atoms with E-state index in [0.29, 0.717) is 17.1 Å². The van der Waals surface area contributed by atoms with Crippen LogP contribution in [0.2, 0.25) is 5.02 Å². The highest BCUT2D eigenvalue weighted by atomic mass is 35.5. The zero-order valence-electron chi connectivity index (χ0n) is 18.1. The first-order valence-corrected chi connectivity index (χ1v) is 12.5. The van der Waals surface area contributed by atoms with Crippen molar-refractivity contribution in [3.63, 3.8) is 0 Å². The Bertz CT molecular complexity index is 1260. The second kappa shape index (κ2) is 8.83. The van der Waals surface area contributed by atoms with Crippen LogP contribution < -0.4 is 5.14 Å². The molecule has 0 aliphatic carbocycles. The first-order valence-electron chi connectivity index (χ1n) is 10.5. The zero-order chi connectivity index (χ0) is 23.0. The van der Waals surface area contributed by atoms with Crippen LogP contribution in [0.25, 0.3) is 16.8 Å². The van der Waals surface area contributed by atoms with E-state index in [1.165, 1.54) is 12.1 Å². The summed E-state index contributed by atoms with van der Waals surface area (Å²) >= 11 is 6.08. The molecule has 1 saturated heterocycles. The number of Topliss-reactive ketones (excluding diaryl/α,β-unsaturated/α-hetero) is 1. The molecule has 1 aliphatic heterocycles. The van der Waals surface area contributed by atoms with Gasteiger partial charge in [0.15, 0.2) is 5.78 Å². The van der Waals surface area contributed by atoms with E-state index in [9.17, 15) is 13.2 Å². The average Bonchev–Trinajstić information content (AvgIpc) is 3.34. The molecule has 6 nitrogen and oxygen atoms in total. The molecule has 0 amide bonds. The molecule has 0 radical (unpaired) electrons. The molecular formula is C24H26ClN3O3S. The predicted molar refractivity (Wildman–Crippen MR) is 127 cm³/mol. The smallest absolute Gasteiger partial charge is 0.238 e. The largest absolute Gasteiger partial charge is 0.317 e. The fourth-order valence-corrected chi connectivity index (χ4v) is 5.18. The van der Waals surface area contributed by atoms with Gasteiger partial charge in [0, 0.05) is 33.2 Å². The number of nitrogens with two attached hydrogens (primary N) is 1. The Morgan fingerprint density at radius 3 is 2.12 bits per heavy atom. The Hall–Kier alpha value is -2.45. The summed E-state index contributed by atoms with van der Waals surface area (Å²) in [5, 5.41) is 5.90. The highest BCUT2D eigenvalue weighted by molar-refractivity contribution is 7.89. The Morgan fingerprint density at radius 2 is 1.56 bits per heavy atom. The molecule has 0 spiro atoms. The van der Waals surface area contributed by atoms with E-state index in [1.807, 2.05) is 38.1 Å². The van der Waals surface area contributed by atoms with Gasteiger partial charge in [-0.1, -0.05) is 23.7 Å². The SMILES string of the molecule is Cc1c(C(=O)CN2CCCC2)c(-c2ccc(S(N)(=O)=O)cc2)c(C)n1-c1ccc(Cl)cc1. The van der Waals surface area contributed by atoms with Crippen molar-refractivity contribution in [2.24, 2.45) is 5.14 Å². The first-order chi connectivity index (χ1) is 15.2.